The van der Waals surface area contributed by atoms with Gasteiger partial charge in [-0.25, -0.2) is 9.18 Å². The highest BCUT2D eigenvalue weighted by molar-refractivity contribution is 5.97. The fourth-order valence-electron chi connectivity index (χ4n) is 2.90. The van der Waals surface area contributed by atoms with Crippen molar-refractivity contribution < 1.29 is 23.9 Å². The highest BCUT2D eigenvalue weighted by atomic mass is 19.1. The van der Waals surface area contributed by atoms with Gasteiger partial charge in [0.05, 0.1) is 12.1 Å². The molecule has 0 saturated heterocycles. The maximum atomic E-state index is 13.5. The number of amides is 2. The van der Waals surface area contributed by atoms with Crippen LogP contribution in [-0.4, -0.2) is 53.0 Å². The number of benzene rings is 1. The van der Waals surface area contributed by atoms with Crippen LogP contribution in [0.25, 0.3) is 0 Å². The quantitative estimate of drug-likeness (QED) is 0.653. The number of hydrogen-bond acceptors (Lipinski definition) is 4. The largest absolute Gasteiger partial charge is 0.480 e. The zero-order chi connectivity index (χ0) is 18.6. The van der Waals surface area contributed by atoms with Gasteiger partial charge in [-0.1, -0.05) is 6.92 Å². The second-order valence-corrected chi connectivity index (χ2v) is 6.13. The molecular formula is C17H22FN3O4. The Morgan fingerprint density at radius 3 is 2.56 bits per heavy atom. The van der Waals surface area contributed by atoms with Crippen LogP contribution in [0.4, 0.5) is 14.9 Å². The minimum atomic E-state index is -0.867. The molecule has 0 unspecified atom stereocenters. The maximum absolute atomic E-state index is 13.5. The Balaban J connectivity index is 1.83. The predicted octanol–water partition coefficient (Wildman–Crippen LogP) is 2.09. The molecule has 7 nitrogen and oxygen atoms in total. The molecule has 1 saturated carbocycles. The monoisotopic (exact) mass is 351 g/mol. The lowest BCUT2D eigenvalue weighted by Crippen LogP contribution is -2.55. The second kappa shape index (κ2) is 8.06. The highest BCUT2D eigenvalue weighted by Gasteiger charge is 2.34. The number of carbonyl (C=O) groups excluding carboxylic acids is 2. The van der Waals surface area contributed by atoms with Crippen molar-refractivity contribution >= 4 is 23.5 Å². The van der Waals surface area contributed by atoms with Crippen molar-refractivity contribution in [2.45, 2.75) is 38.8 Å². The molecular weight excluding hydrogens is 329 g/mol. The number of urea groups is 1. The van der Waals surface area contributed by atoms with Gasteiger partial charge in [0, 0.05) is 17.8 Å². The third-order valence-corrected chi connectivity index (χ3v) is 4.31. The van der Waals surface area contributed by atoms with Gasteiger partial charge >= 0.3 is 12.0 Å². The zero-order valence-corrected chi connectivity index (χ0v) is 14.2. The van der Waals surface area contributed by atoms with E-state index in [1.807, 2.05) is 11.8 Å². The molecule has 0 radical (unpaired) electrons. The van der Waals surface area contributed by atoms with Crippen molar-refractivity contribution in [1.82, 2.24) is 10.2 Å². The Bertz CT molecular complexity index is 674. The number of likely N-dealkylation sites (N-methyl/N-ethyl adjacent to an activating group) is 1. The third kappa shape index (κ3) is 4.99. The predicted molar refractivity (Wildman–Crippen MR) is 90.3 cm³/mol. The summed E-state index contributed by atoms with van der Waals surface area (Å²) >= 11 is 0. The molecule has 0 aliphatic heterocycles. The lowest BCUT2D eigenvalue weighted by molar-refractivity contribution is -0.139. The summed E-state index contributed by atoms with van der Waals surface area (Å²) in [5.74, 6) is -1.91. The number of hydrogen-bond donors (Lipinski definition) is 3. The molecule has 1 aromatic carbocycles. The summed E-state index contributed by atoms with van der Waals surface area (Å²) in [6.45, 7) is 3.79. The smallest absolute Gasteiger partial charge is 0.319 e. The normalized spacial score (nSPS) is 19.2. The van der Waals surface area contributed by atoms with E-state index in [0.717, 1.165) is 6.07 Å². The fourth-order valence-corrected chi connectivity index (χ4v) is 2.90. The van der Waals surface area contributed by atoms with Gasteiger partial charge in [-0.15, -0.1) is 0 Å². The van der Waals surface area contributed by atoms with Crippen LogP contribution in [0.15, 0.2) is 18.2 Å². The summed E-state index contributed by atoms with van der Waals surface area (Å²) in [5, 5.41) is 14.2. The Kier molecular flexibility index (Phi) is 6.08. The fraction of sp³-hybridized carbons (Fsp3) is 0.471. The summed E-state index contributed by atoms with van der Waals surface area (Å²) in [5.41, 5.74) is 0.259. The number of nitrogens with one attached hydrogen (secondary N) is 2. The SMILES string of the molecule is CCN(CC(=O)O)C1CC(NC(=O)Nc2ccc(F)c(C(C)=O)c2)C1. The third-order valence-electron chi connectivity index (χ3n) is 4.31. The number of carboxylic acids is 1. The second-order valence-electron chi connectivity index (χ2n) is 6.13. The van der Waals surface area contributed by atoms with E-state index in [1.165, 1.54) is 19.1 Å². The van der Waals surface area contributed by atoms with Crippen LogP contribution in [0.1, 0.15) is 37.0 Å². The maximum Gasteiger partial charge on any atom is 0.319 e. The van der Waals surface area contributed by atoms with Crippen LogP contribution in [0.3, 0.4) is 0 Å². The van der Waals surface area contributed by atoms with Crippen LogP contribution < -0.4 is 10.6 Å². The highest BCUT2D eigenvalue weighted by Crippen LogP contribution is 2.25. The molecule has 0 bridgehead atoms. The van der Waals surface area contributed by atoms with E-state index < -0.39 is 23.6 Å². The minimum Gasteiger partial charge on any atom is -0.480 e. The lowest BCUT2D eigenvalue weighted by Gasteiger charge is -2.42. The molecule has 1 fully saturated rings. The van der Waals surface area contributed by atoms with Crippen molar-refractivity contribution in [2.75, 3.05) is 18.4 Å². The summed E-state index contributed by atoms with van der Waals surface area (Å²) < 4.78 is 13.5. The molecule has 0 atom stereocenters. The first-order valence-electron chi connectivity index (χ1n) is 8.14. The number of ketones is 1. The number of halogens is 1. The molecule has 136 valence electrons. The lowest BCUT2D eigenvalue weighted by atomic mass is 9.85. The Labute approximate surface area is 145 Å². The van der Waals surface area contributed by atoms with Gasteiger partial charge in [0.15, 0.2) is 5.78 Å². The van der Waals surface area contributed by atoms with Crippen molar-refractivity contribution in [3.05, 3.63) is 29.6 Å². The van der Waals surface area contributed by atoms with Crippen molar-refractivity contribution in [3.8, 4) is 0 Å². The molecule has 25 heavy (non-hydrogen) atoms. The number of carboxylic acid groups (broad SMARTS) is 1. The molecule has 8 heteroatoms. The average molecular weight is 351 g/mol. The van der Waals surface area contributed by atoms with Gasteiger partial charge in [0.2, 0.25) is 0 Å². The summed E-state index contributed by atoms with van der Waals surface area (Å²) in [4.78, 5) is 36.0. The van der Waals surface area contributed by atoms with E-state index in [4.69, 9.17) is 5.11 Å². The van der Waals surface area contributed by atoms with Crippen LogP contribution >= 0.6 is 0 Å². The topological polar surface area (TPSA) is 98.7 Å². The number of rotatable bonds is 7. The minimum absolute atomic E-state index is 0.0104. The van der Waals surface area contributed by atoms with E-state index in [9.17, 15) is 18.8 Å². The number of Topliss-reactive ketones (excluding diaryl/α,β-unsaturated/α-hetero) is 1. The number of aliphatic carboxylic acids is 1. The molecule has 1 aromatic rings. The van der Waals surface area contributed by atoms with Crippen LogP contribution in [0.5, 0.6) is 0 Å². The van der Waals surface area contributed by atoms with Crippen molar-refractivity contribution in [2.24, 2.45) is 0 Å². The first-order valence-corrected chi connectivity index (χ1v) is 8.14. The zero-order valence-electron chi connectivity index (χ0n) is 14.2. The van der Waals surface area contributed by atoms with E-state index >= 15 is 0 Å². The van der Waals surface area contributed by atoms with Gasteiger partial charge in [-0.3, -0.25) is 14.5 Å². The van der Waals surface area contributed by atoms with E-state index in [2.05, 4.69) is 10.6 Å². The van der Waals surface area contributed by atoms with Crippen LogP contribution in [0, 0.1) is 5.82 Å². The van der Waals surface area contributed by atoms with Gasteiger partial charge in [-0.2, -0.15) is 0 Å². The molecule has 3 N–H and O–H groups in total. The standard InChI is InChI=1S/C17H22FN3O4/c1-3-21(9-16(23)24)13-6-12(7-13)20-17(25)19-11-4-5-15(18)14(8-11)10(2)22/h4-5,8,12-13H,3,6-7,9H2,1-2H3,(H,23,24)(H2,19,20,25). The first-order chi connectivity index (χ1) is 11.8. The van der Waals surface area contributed by atoms with E-state index in [0.29, 0.717) is 25.1 Å². The number of carbonyl (C=O) groups is 3. The molecule has 2 amide bonds. The molecule has 1 aliphatic rings. The van der Waals surface area contributed by atoms with Crippen LogP contribution in [0.2, 0.25) is 0 Å². The van der Waals surface area contributed by atoms with Gasteiger partial charge in [0.25, 0.3) is 0 Å². The van der Waals surface area contributed by atoms with Crippen molar-refractivity contribution in [3.63, 3.8) is 0 Å². The van der Waals surface area contributed by atoms with E-state index in [1.54, 1.807) is 0 Å². The number of anilines is 1. The van der Waals surface area contributed by atoms with Gasteiger partial charge in [-0.05, 0) is 44.5 Å². The summed E-state index contributed by atoms with van der Waals surface area (Å²) in [6.07, 6.45) is 1.35. The first kappa shape index (κ1) is 18.9. The number of nitrogens with zero attached hydrogens (tertiary/aromatic N) is 1. The average Bonchev–Trinajstić information content (AvgIpc) is 2.50. The molecule has 0 heterocycles. The molecule has 1 aliphatic carbocycles. The van der Waals surface area contributed by atoms with Gasteiger partial charge < -0.3 is 15.7 Å². The van der Waals surface area contributed by atoms with Gasteiger partial charge in [0.1, 0.15) is 5.82 Å². The summed E-state index contributed by atoms with van der Waals surface area (Å²) in [6, 6.07) is 3.48. The van der Waals surface area contributed by atoms with E-state index in [-0.39, 0.29) is 24.2 Å². The Morgan fingerprint density at radius 2 is 2.00 bits per heavy atom. The Hall–Kier alpha value is -2.48. The molecule has 0 spiro atoms. The Morgan fingerprint density at radius 1 is 1.32 bits per heavy atom. The van der Waals surface area contributed by atoms with Crippen LogP contribution in [-0.2, 0) is 4.79 Å². The summed E-state index contributed by atoms with van der Waals surface area (Å²) in [7, 11) is 0. The van der Waals surface area contributed by atoms with Crippen molar-refractivity contribution in [1.29, 1.82) is 0 Å². The molecule has 2 rings (SSSR count). The molecule has 0 aromatic heterocycles.